The molecule has 0 aliphatic heterocycles. The van der Waals surface area contributed by atoms with Gasteiger partial charge < -0.3 is 15.0 Å². The highest BCUT2D eigenvalue weighted by Gasteiger charge is 2.03. The zero-order valence-electron chi connectivity index (χ0n) is 10.7. The number of nitrogens with one attached hydrogen (secondary N) is 1. The summed E-state index contributed by atoms with van der Waals surface area (Å²) in [6.45, 7) is 5.90. The molecule has 0 aliphatic carbocycles. The molecule has 0 spiro atoms. The summed E-state index contributed by atoms with van der Waals surface area (Å²) in [5.74, 6) is 0.924. The lowest BCUT2D eigenvalue weighted by atomic mass is 10.2. The summed E-state index contributed by atoms with van der Waals surface area (Å²) in [5, 5.41) is 3.45. The van der Waals surface area contributed by atoms with Crippen LogP contribution in [0.3, 0.4) is 0 Å². The quantitative estimate of drug-likeness (QED) is 0.800. The van der Waals surface area contributed by atoms with Crippen LogP contribution in [0.25, 0.3) is 0 Å². The lowest BCUT2D eigenvalue weighted by Crippen LogP contribution is -2.29. The van der Waals surface area contributed by atoms with Gasteiger partial charge >= 0.3 is 0 Å². The number of hydrogen-bond acceptors (Lipinski definition) is 3. The fourth-order valence-corrected chi connectivity index (χ4v) is 1.69. The summed E-state index contributed by atoms with van der Waals surface area (Å²) in [7, 11) is 4.16. The van der Waals surface area contributed by atoms with Crippen molar-refractivity contribution in [3.05, 3.63) is 24.3 Å². The smallest absolute Gasteiger partial charge is 0.119 e. The van der Waals surface area contributed by atoms with E-state index in [2.05, 4.69) is 43.4 Å². The lowest BCUT2D eigenvalue weighted by Gasteiger charge is -2.19. The number of nitrogens with zero attached hydrogens (tertiary/aromatic N) is 1. The molecule has 16 heavy (non-hydrogen) atoms. The molecule has 0 saturated carbocycles. The van der Waals surface area contributed by atoms with Crippen molar-refractivity contribution in [3.63, 3.8) is 0 Å². The van der Waals surface area contributed by atoms with E-state index in [1.807, 2.05) is 19.1 Å². The number of rotatable bonds is 6. The topological polar surface area (TPSA) is 24.5 Å². The van der Waals surface area contributed by atoms with Crippen LogP contribution in [-0.4, -0.2) is 38.2 Å². The van der Waals surface area contributed by atoms with Gasteiger partial charge in [0.25, 0.3) is 0 Å². The van der Waals surface area contributed by atoms with Crippen molar-refractivity contribution in [1.29, 1.82) is 0 Å². The SMILES string of the molecule is CCOc1ccc(NC(C)CN(C)C)cc1. The highest BCUT2D eigenvalue weighted by atomic mass is 16.5. The van der Waals surface area contributed by atoms with E-state index in [-0.39, 0.29) is 0 Å². The number of benzene rings is 1. The predicted octanol–water partition coefficient (Wildman–Crippen LogP) is 2.45. The Labute approximate surface area is 98.4 Å². The Bertz CT molecular complexity index is 295. The van der Waals surface area contributed by atoms with Gasteiger partial charge in [-0.25, -0.2) is 0 Å². The highest BCUT2D eigenvalue weighted by molar-refractivity contribution is 5.47. The van der Waals surface area contributed by atoms with Gasteiger partial charge in [0.2, 0.25) is 0 Å². The standard InChI is InChI=1S/C13H22N2O/c1-5-16-13-8-6-12(7-9-13)14-11(2)10-15(3)4/h6-9,11,14H,5,10H2,1-4H3. The average molecular weight is 222 g/mol. The maximum absolute atomic E-state index is 5.39. The van der Waals surface area contributed by atoms with Crippen molar-refractivity contribution >= 4 is 5.69 Å². The number of anilines is 1. The van der Waals surface area contributed by atoms with E-state index in [0.29, 0.717) is 12.6 Å². The predicted molar refractivity (Wildman–Crippen MR) is 69.2 cm³/mol. The van der Waals surface area contributed by atoms with Crippen LogP contribution in [0, 0.1) is 0 Å². The van der Waals surface area contributed by atoms with Crippen LogP contribution in [0.1, 0.15) is 13.8 Å². The molecule has 0 bridgehead atoms. The van der Waals surface area contributed by atoms with Crippen molar-refractivity contribution in [2.24, 2.45) is 0 Å². The molecule has 1 atom stereocenters. The summed E-state index contributed by atoms with van der Waals surface area (Å²) in [4.78, 5) is 2.17. The third-order valence-corrected chi connectivity index (χ3v) is 2.22. The van der Waals surface area contributed by atoms with Crippen LogP contribution in [0.15, 0.2) is 24.3 Å². The third kappa shape index (κ3) is 4.53. The average Bonchev–Trinajstić information content (AvgIpc) is 2.20. The zero-order valence-corrected chi connectivity index (χ0v) is 10.7. The van der Waals surface area contributed by atoms with Crippen molar-refractivity contribution in [2.45, 2.75) is 19.9 Å². The Morgan fingerprint density at radius 3 is 2.38 bits per heavy atom. The van der Waals surface area contributed by atoms with Crippen molar-refractivity contribution in [2.75, 3.05) is 32.6 Å². The molecule has 90 valence electrons. The van der Waals surface area contributed by atoms with Gasteiger partial charge in [-0.05, 0) is 52.2 Å². The summed E-state index contributed by atoms with van der Waals surface area (Å²) < 4.78 is 5.39. The summed E-state index contributed by atoms with van der Waals surface area (Å²) in [6, 6.07) is 8.53. The Morgan fingerprint density at radius 2 is 1.88 bits per heavy atom. The normalized spacial score (nSPS) is 12.6. The van der Waals surface area contributed by atoms with Gasteiger partial charge in [-0.3, -0.25) is 0 Å². The first-order chi connectivity index (χ1) is 7.61. The second-order valence-corrected chi connectivity index (χ2v) is 4.27. The second kappa shape index (κ2) is 6.38. The van der Waals surface area contributed by atoms with E-state index in [1.54, 1.807) is 0 Å². The van der Waals surface area contributed by atoms with E-state index in [1.165, 1.54) is 0 Å². The Balaban J connectivity index is 2.48. The minimum atomic E-state index is 0.438. The van der Waals surface area contributed by atoms with Crippen LogP contribution < -0.4 is 10.1 Å². The second-order valence-electron chi connectivity index (χ2n) is 4.27. The molecule has 0 aliphatic rings. The van der Waals surface area contributed by atoms with E-state index < -0.39 is 0 Å². The maximum atomic E-state index is 5.39. The van der Waals surface area contributed by atoms with Crippen LogP contribution in [0.2, 0.25) is 0 Å². The van der Waals surface area contributed by atoms with Crippen molar-refractivity contribution in [1.82, 2.24) is 4.90 Å². The van der Waals surface area contributed by atoms with Crippen LogP contribution in [0.4, 0.5) is 5.69 Å². The molecule has 0 fully saturated rings. The van der Waals surface area contributed by atoms with Crippen LogP contribution in [0.5, 0.6) is 5.75 Å². The zero-order chi connectivity index (χ0) is 12.0. The fourth-order valence-electron chi connectivity index (χ4n) is 1.69. The van der Waals surface area contributed by atoms with Gasteiger partial charge in [-0.1, -0.05) is 0 Å². The molecule has 1 aromatic rings. The lowest BCUT2D eigenvalue weighted by molar-refractivity contribution is 0.340. The fraction of sp³-hybridized carbons (Fsp3) is 0.538. The first-order valence-electron chi connectivity index (χ1n) is 5.76. The van der Waals surface area contributed by atoms with E-state index >= 15 is 0 Å². The molecule has 3 heteroatoms. The highest BCUT2D eigenvalue weighted by Crippen LogP contribution is 2.16. The van der Waals surface area contributed by atoms with Gasteiger partial charge in [0.15, 0.2) is 0 Å². The van der Waals surface area contributed by atoms with E-state index in [4.69, 9.17) is 4.74 Å². The van der Waals surface area contributed by atoms with Gasteiger partial charge in [0, 0.05) is 18.3 Å². The summed E-state index contributed by atoms with van der Waals surface area (Å²) in [6.07, 6.45) is 0. The number of hydrogen-bond donors (Lipinski definition) is 1. The van der Waals surface area contributed by atoms with Gasteiger partial charge in [-0.2, -0.15) is 0 Å². The Morgan fingerprint density at radius 1 is 1.25 bits per heavy atom. The van der Waals surface area contributed by atoms with Crippen molar-refractivity contribution in [3.8, 4) is 5.75 Å². The van der Waals surface area contributed by atoms with E-state index in [0.717, 1.165) is 18.0 Å². The molecule has 1 aromatic carbocycles. The maximum Gasteiger partial charge on any atom is 0.119 e. The molecule has 0 heterocycles. The molecular formula is C13H22N2O. The summed E-state index contributed by atoms with van der Waals surface area (Å²) in [5.41, 5.74) is 1.14. The molecule has 0 saturated heterocycles. The minimum absolute atomic E-state index is 0.438. The Hall–Kier alpha value is -1.22. The monoisotopic (exact) mass is 222 g/mol. The van der Waals surface area contributed by atoms with Crippen LogP contribution >= 0.6 is 0 Å². The first-order valence-corrected chi connectivity index (χ1v) is 5.76. The van der Waals surface area contributed by atoms with Gasteiger partial charge in [0.05, 0.1) is 6.61 Å². The largest absolute Gasteiger partial charge is 0.494 e. The van der Waals surface area contributed by atoms with Crippen molar-refractivity contribution < 1.29 is 4.74 Å². The minimum Gasteiger partial charge on any atom is -0.494 e. The molecule has 0 aromatic heterocycles. The third-order valence-electron chi connectivity index (χ3n) is 2.22. The molecule has 1 rings (SSSR count). The molecule has 3 nitrogen and oxygen atoms in total. The van der Waals surface area contributed by atoms with Gasteiger partial charge in [-0.15, -0.1) is 0 Å². The molecule has 1 unspecified atom stereocenters. The summed E-state index contributed by atoms with van der Waals surface area (Å²) >= 11 is 0. The first kappa shape index (κ1) is 12.8. The number of ether oxygens (including phenoxy) is 1. The molecule has 0 radical (unpaired) electrons. The molecule has 0 amide bonds. The Kier molecular flexibility index (Phi) is 5.12. The van der Waals surface area contributed by atoms with E-state index in [9.17, 15) is 0 Å². The molecule has 1 N–H and O–H groups in total. The number of likely N-dealkylation sites (N-methyl/N-ethyl adjacent to an activating group) is 1. The molecular weight excluding hydrogens is 200 g/mol. The van der Waals surface area contributed by atoms with Crippen LogP contribution in [-0.2, 0) is 0 Å². The van der Waals surface area contributed by atoms with Gasteiger partial charge in [0.1, 0.15) is 5.75 Å².